The van der Waals surface area contributed by atoms with Gasteiger partial charge in [-0.05, 0) is 0 Å². The molecule has 0 aromatic carbocycles. The molecule has 0 saturated heterocycles. The van der Waals surface area contributed by atoms with Gasteiger partial charge in [-0.2, -0.15) is 0 Å². The molecule has 2 N–H and O–H groups in total. The van der Waals surface area contributed by atoms with E-state index >= 15 is 0 Å². The van der Waals surface area contributed by atoms with Crippen LogP contribution < -0.4 is 5.32 Å². The van der Waals surface area contributed by atoms with Crippen LogP contribution in [0.5, 0.6) is 0 Å². The zero-order valence-corrected chi connectivity index (χ0v) is 4.09. The Morgan fingerprint density at radius 3 is 2.86 bits per heavy atom. The van der Waals surface area contributed by atoms with Gasteiger partial charge in [-0.1, -0.05) is 12.2 Å². The average Bonchev–Trinajstić information content (AvgIpc) is 1.69. The van der Waals surface area contributed by atoms with Crippen molar-refractivity contribution < 1.29 is 5.11 Å². The summed E-state index contributed by atoms with van der Waals surface area (Å²) in [5.74, 6) is 0. The van der Waals surface area contributed by atoms with E-state index in [0.29, 0.717) is 6.54 Å². The lowest BCUT2D eigenvalue weighted by atomic mass is 10.2. The van der Waals surface area contributed by atoms with Gasteiger partial charge in [0, 0.05) is 13.1 Å². The van der Waals surface area contributed by atoms with Gasteiger partial charge in [0.05, 0.1) is 6.10 Å². The molecule has 0 aromatic heterocycles. The molecule has 1 atom stereocenters. The summed E-state index contributed by atoms with van der Waals surface area (Å²) >= 11 is 0. The second kappa shape index (κ2) is 2.09. The molecule has 0 radical (unpaired) electrons. The Morgan fingerprint density at radius 2 is 2.57 bits per heavy atom. The SMILES string of the molecule is OC1C=CCNC1. The third kappa shape index (κ3) is 1.29. The van der Waals surface area contributed by atoms with E-state index in [1.807, 2.05) is 6.08 Å². The van der Waals surface area contributed by atoms with Crippen molar-refractivity contribution in [1.29, 1.82) is 0 Å². The number of hydrogen-bond donors (Lipinski definition) is 2. The molecule has 0 fully saturated rings. The summed E-state index contributed by atoms with van der Waals surface area (Å²) in [6, 6.07) is 0. The number of β-amino-alcohol motifs (C(OH)–C–C–N with tert-alkyl or cyclic N) is 1. The van der Waals surface area contributed by atoms with Crippen LogP contribution in [-0.2, 0) is 0 Å². The van der Waals surface area contributed by atoms with E-state index in [1.165, 1.54) is 0 Å². The minimum absolute atomic E-state index is 0.256. The van der Waals surface area contributed by atoms with Crippen molar-refractivity contribution in [2.45, 2.75) is 6.10 Å². The summed E-state index contributed by atoms with van der Waals surface area (Å²) in [5, 5.41) is 11.8. The highest BCUT2D eigenvalue weighted by Gasteiger charge is 1.99. The molecule has 0 aromatic rings. The molecule has 0 bridgehead atoms. The maximum absolute atomic E-state index is 8.76. The van der Waals surface area contributed by atoms with Crippen LogP contribution >= 0.6 is 0 Å². The molecule has 1 rings (SSSR count). The van der Waals surface area contributed by atoms with Crippen molar-refractivity contribution in [2.75, 3.05) is 13.1 Å². The van der Waals surface area contributed by atoms with Gasteiger partial charge in [-0.3, -0.25) is 0 Å². The molecule has 1 unspecified atom stereocenters. The first-order valence-corrected chi connectivity index (χ1v) is 2.45. The van der Waals surface area contributed by atoms with Gasteiger partial charge in [0.1, 0.15) is 0 Å². The van der Waals surface area contributed by atoms with E-state index < -0.39 is 0 Å². The monoisotopic (exact) mass is 99.1 g/mol. The van der Waals surface area contributed by atoms with E-state index in [-0.39, 0.29) is 6.10 Å². The van der Waals surface area contributed by atoms with Crippen LogP contribution in [0.3, 0.4) is 0 Å². The van der Waals surface area contributed by atoms with Gasteiger partial charge < -0.3 is 10.4 Å². The van der Waals surface area contributed by atoms with E-state index in [2.05, 4.69) is 5.32 Å². The number of nitrogens with one attached hydrogen (secondary N) is 1. The highest BCUT2D eigenvalue weighted by Crippen LogP contribution is 1.87. The Hall–Kier alpha value is -0.340. The van der Waals surface area contributed by atoms with Gasteiger partial charge in [0.25, 0.3) is 0 Å². The molecule has 1 heterocycles. The summed E-state index contributed by atoms with van der Waals surface area (Å²) in [7, 11) is 0. The number of aliphatic hydroxyl groups excluding tert-OH is 1. The van der Waals surface area contributed by atoms with E-state index in [0.717, 1.165) is 6.54 Å². The van der Waals surface area contributed by atoms with Gasteiger partial charge in [0.15, 0.2) is 0 Å². The van der Waals surface area contributed by atoms with E-state index in [1.54, 1.807) is 6.08 Å². The average molecular weight is 99.1 g/mol. The maximum Gasteiger partial charge on any atom is 0.0845 e. The third-order valence-electron chi connectivity index (χ3n) is 0.974. The summed E-state index contributed by atoms with van der Waals surface area (Å²) in [6.45, 7) is 1.60. The zero-order valence-electron chi connectivity index (χ0n) is 4.09. The first kappa shape index (κ1) is 4.81. The van der Waals surface area contributed by atoms with Gasteiger partial charge >= 0.3 is 0 Å². The van der Waals surface area contributed by atoms with Crippen molar-refractivity contribution in [3.8, 4) is 0 Å². The number of aliphatic hydroxyl groups is 1. The second-order valence-electron chi connectivity index (χ2n) is 1.65. The van der Waals surface area contributed by atoms with Crippen LogP contribution in [0.15, 0.2) is 12.2 Å². The van der Waals surface area contributed by atoms with E-state index in [9.17, 15) is 0 Å². The van der Waals surface area contributed by atoms with Crippen LogP contribution in [0, 0.1) is 0 Å². The number of rotatable bonds is 0. The van der Waals surface area contributed by atoms with Gasteiger partial charge in [-0.15, -0.1) is 0 Å². The van der Waals surface area contributed by atoms with Crippen molar-refractivity contribution in [1.82, 2.24) is 5.32 Å². The van der Waals surface area contributed by atoms with Crippen molar-refractivity contribution in [2.24, 2.45) is 0 Å². The lowest BCUT2D eigenvalue weighted by Crippen LogP contribution is -2.29. The first-order valence-electron chi connectivity index (χ1n) is 2.45. The lowest BCUT2D eigenvalue weighted by molar-refractivity contribution is 0.215. The van der Waals surface area contributed by atoms with Crippen molar-refractivity contribution in [3.05, 3.63) is 12.2 Å². The topological polar surface area (TPSA) is 32.3 Å². The molecule has 0 saturated carbocycles. The molecule has 0 aliphatic carbocycles. The fourth-order valence-electron chi connectivity index (χ4n) is 0.608. The molecule has 7 heavy (non-hydrogen) atoms. The minimum Gasteiger partial charge on any atom is -0.388 e. The normalized spacial score (nSPS) is 30.7. The quantitative estimate of drug-likeness (QED) is 0.401. The molecule has 1 aliphatic heterocycles. The molecular weight excluding hydrogens is 90.1 g/mol. The van der Waals surface area contributed by atoms with Gasteiger partial charge in [0.2, 0.25) is 0 Å². The zero-order chi connectivity index (χ0) is 5.11. The Balaban J connectivity index is 2.36. The van der Waals surface area contributed by atoms with E-state index in [4.69, 9.17) is 5.11 Å². The second-order valence-corrected chi connectivity index (χ2v) is 1.65. The molecule has 40 valence electrons. The summed E-state index contributed by atoms with van der Waals surface area (Å²) in [4.78, 5) is 0. The fraction of sp³-hybridized carbons (Fsp3) is 0.600. The van der Waals surface area contributed by atoms with Crippen LogP contribution in [0.2, 0.25) is 0 Å². The summed E-state index contributed by atoms with van der Waals surface area (Å²) in [5.41, 5.74) is 0. The molecule has 0 amide bonds. The highest BCUT2D eigenvalue weighted by molar-refractivity contribution is 4.95. The largest absolute Gasteiger partial charge is 0.388 e. The maximum atomic E-state index is 8.76. The minimum atomic E-state index is -0.256. The lowest BCUT2D eigenvalue weighted by Gasteiger charge is -2.09. The summed E-state index contributed by atoms with van der Waals surface area (Å²) < 4.78 is 0. The number of hydrogen-bond acceptors (Lipinski definition) is 2. The fourth-order valence-corrected chi connectivity index (χ4v) is 0.608. The molecule has 0 spiro atoms. The molecule has 1 aliphatic rings. The Bertz CT molecular complexity index is 80.1. The Kier molecular flexibility index (Phi) is 1.44. The van der Waals surface area contributed by atoms with Crippen molar-refractivity contribution in [3.63, 3.8) is 0 Å². The molecule has 2 nitrogen and oxygen atoms in total. The smallest absolute Gasteiger partial charge is 0.0845 e. The summed E-state index contributed by atoms with van der Waals surface area (Å²) in [6.07, 6.45) is 3.47. The Morgan fingerprint density at radius 1 is 1.71 bits per heavy atom. The predicted octanol–water partition coefficient (Wildman–Crippen LogP) is -0.493. The molecule has 2 heteroatoms. The predicted molar refractivity (Wildman–Crippen MR) is 28.0 cm³/mol. The standard InChI is InChI=1S/C5H9NO/c7-5-2-1-3-6-4-5/h1-2,5-7H,3-4H2. The van der Waals surface area contributed by atoms with Gasteiger partial charge in [-0.25, -0.2) is 0 Å². The Labute approximate surface area is 42.8 Å². The molecular formula is C5H9NO. The van der Waals surface area contributed by atoms with Crippen LogP contribution in [0.25, 0.3) is 0 Å². The van der Waals surface area contributed by atoms with Crippen LogP contribution in [0.4, 0.5) is 0 Å². The van der Waals surface area contributed by atoms with Crippen molar-refractivity contribution >= 4 is 0 Å². The van der Waals surface area contributed by atoms with Crippen LogP contribution in [-0.4, -0.2) is 24.3 Å². The first-order chi connectivity index (χ1) is 3.39. The van der Waals surface area contributed by atoms with Crippen LogP contribution in [0.1, 0.15) is 0 Å². The third-order valence-corrected chi connectivity index (χ3v) is 0.974. The highest BCUT2D eigenvalue weighted by atomic mass is 16.3.